The van der Waals surface area contributed by atoms with Crippen LogP contribution in [0.4, 0.5) is 5.82 Å². The van der Waals surface area contributed by atoms with Gasteiger partial charge in [0.25, 0.3) is 0 Å². The zero-order chi connectivity index (χ0) is 13.8. The van der Waals surface area contributed by atoms with Gasteiger partial charge in [0.1, 0.15) is 5.82 Å². The first kappa shape index (κ1) is 13.8. The van der Waals surface area contributed by atoms with E-state index in [1.807, 2.05) is 12.3 Å². The predicted octanol–water partition coefficient (Wildman–Crippen LogP) is 1.19. The van der Waals surface area contributed by atoms with Gasteiger partial charge in [-0.1, -0.05) is 6.07 Å². The molecule has 0 radical (unpaired) electrons. The molecule has 0 aromatic carbocycles. The van der Waals surface area contributed by atoms with Crippen molar-refractivity contribution < 1.29 is 9.47 Å². The van der Waals surface area contributed by atoms with E-state index in [1.54, 1.807) is 7.11 Å². The third-order valence-corrected chi connectivity index (χ3v) is 4.01. The molecule has 1 N–H and O–H groups in total. The molecule has 0 amide bonds. The molecule has 3 heterocycles. The molecule has 2 bridgehead atoms. The SMILES string of the molecule is COCCNCc1cccnc1N1CC2CCC(C1)O2. The minimum absolute atomic E-state index is 0.394. The first-order valence-electron chi connectivity index (χ1n) is 7.41. The largest absolute Gasteiger partial charge is 0.383 e. The molecule has 1 aromatic rings. The van der Waals surface area contributed by atoms with Crippen LogP contribution in [-0.2, 0) is 16.0 Å². The van der Waals surface area contributed by atoms with Gasteiger partial charge in [0.15, 0.2) is 0 Å². The van der Waals surface area contributed by atoms with E-state index in [4.69, 9.17) is 9.47 Å². The minimum atomic E-state index is 0.394. The second kappa shape index (κ2) is 6.52. The van der Waals surface area contributed by atoms with Crippen LogP contribution >= 0.6 is 0 Å². The van der Waals surface area contributed by atoms with Crippen LogP contribution < -0.4 is 10.2 Å². The van der Waals surface area contributed by atoms with Crippen molar-refractivity contribution in [3.63, 3.8) is 0 Å². The lowest BCUT2D eigenvalue weighted by atomic mass is 10.2. The number of anilines is 1. The zero-order valence-corrected chi connectivity index (χ0v) is 12.0. The number of rotatable bonds is 6. The lowest BCUT2D eigenvalue weighted by molar-refractivity contribution is 0.0301. The molecule has 0 spiro atoms. The van der Waals surface area contributed by atoms with Crippen molar-refractivity contribution in [2.24, 2.45) is 0 Å². The zero-order valence-electron chi connectivity index (χ0n) is 12.0. The molecule has 20 heavy (non-hydrogen) atoms. The summed E-state index contributed by atoms with van der Waals surface area (Å²) in [5, 5.41) is 3.40. The van der Waals surface area contributed by atoms with E-state index in [0.717, 1.165) is 38.6 Å². The molecule has 2 atom stereocenters. The molecular weight excluding hydrogens is 254 g/mol. The average molecular weight is 277 g/mol. The molecule has 5 nitrogen and oxygen atoms in total. The van der Waals surface area contributed by atoms with E-state index in [2.05, 4.69) is 21.3 Å². The third-order valence-electron chi connectivity index (χ3n) is 4.01. The fourth-order valence-electron chi connectivity index (χ4n) is 3.04. The number of hydrogen-bond donors (Lipinski definition) is 1. The van der Waals surface area contributed by atoms with Crippen molar-refractivity contribution in [1.29, 1.82) is 0 Å². The molecular formula is C15H23N3O2. The van der Waals surface area contributed by atoms with Crippen LogP contribution in [0, 0.1) is 0 Å². The summed E-state index contributed by atoms with van der Waals surface area (Å²) in [6.45, 7) is 4.37. The summed E-state index contributed by atoms with van der Waals surface area (Å²) in [7, 11) is 1.72. The molecule has 2 unspecified atom stereocenters. The lowest BCUT2D eigenvalue weighted by Crippen LogP contribution is -2.43. The van der Waals surface area contributed by atoms with E-state index in [-0.39, 0.29) is 0 Å². The molecule has 3 rings (SSSR count). The van der Waals surface area contributed by atoms with Crippen molar-refractivity contribution in [2.75, 3.05) is 38.3 Å². The predicted molar refractivity (Wildman–Crippen MR) is 77.9 cm³/mol. The van der Waals surface area contributed by atoms with E-state index in [1.165, 1.54) is 18.4 Å². The number of ether oxygens (including phenoxy) is 2. The summed E-state index contributed by atoms with van der Waals surface area (Å²) in [4.78, 5) is 6.99. The number of nitrogens with one attached hydrogen (secondary N) is 1. The normalized spacial score (nSPS) is 25.1. The van der Waals surface area contributed by atoms with Crippen LogP contribution in [0.5, 0.6) is 0 Å². The molecule has 1 aromatic heterocycles. The third kappa shape index (κ3) is 3.11. The highest BCUT2D eigenvalue weighted by molar-refractivity contribution is 5.47. The topological polar surface area (TPSA) is 46.6 Å². The summed E-state index contributed by atoms with van der Waals surface area (Å²) in [6, 6.07) is 4.16. The number of fused-ring (bicyclic) bond motifs is 2. The number of aromatic nitrogens is 1. The highest BCUT2D eigenvalue weighted by Gasteiger charge is 2.34. The Balaban J connectivity index is 1.66. The van der Waals surface area contributed by atoms with Gasteiger partial charge >= 0.3 is 0 Å². The van der Waals surface area contributed by atoms with Gasteiger partial charge in [-0.2, -0.15) is 0 Å². The quantitative estimate of drug-likeness (QED) is 0.791. The molecule has 5 heteroatoms. The number of hydrogen-bond acceptors (Lipinski definition) is 5. The number of pyridine rings is 1. The summed E-state index contributed by atoms with van der Waals surface area (Å²) in [6.07, 6.45) is 5.05. The molecule has 2 saturated heterocycles. The van der Waals surface area contributed by atoms with Crippen LogP contribution in [-0.4, -0.2) is 50.5 Å². The first-order valence-corrected chi connectivity index (χ1v) is 7.41. The van der Waals surface area contributed by atoms with E-state index in [0.29, 0.717) is 12.2 Å². The smallest absolute Gasteiger partial charge is 0.133 e. The fourth-order valence-corrected chi connectivity index (χ4v) is 3.04. The Morgan fingerprint density at radius 2 is 2.20 bits per heavy atom. The van der Waals surface area contributed by atoms with Gasteiger partial charge in [0.2, 0.25) is 0 Å². The average Bonchev–Trinajstić information content (AvgIpc) is 2.82. The second-order valence-electron chi connectivity index (χ2n) is 5.52. The van der Waals surface area contributed by atoms with E-state index < -0.39 is 0 Å². The van der Waals surface area contributed by atoms with Crippen molar-refractivity contribution in [3.8, 4) is 0 Å². The van der Waals surface area contributed by atoms with Crippen molar-refractivity contribution in [2.45, 2.75) is 31.6 Å². The molecule has 110 valence electrons. The summed E-state index contributed by atoms with van der Waals surface area (Å²) in [5.74, 6) is 1.11. The Labute approximate surface area is 120 Å². The summed E-state index contributed by atoms with van der Waals surface area (Å²) < 4.78 is 11.0. The van der Waals surface area contributed by atoms with E-state index >= 15 is 0 Å². The van der Waals surface area contributed by atoms with Gasteiger partial charge in [0, 0.05) is 45.0 Å². The maximum atomic E-state index is 5.90. The van der Waals surface area contributed by atoms with Crippen molar-refractivity contribution in [3.05, 3.63) is 23.9 Å². The molecule has 0 aliphatic carbocycles. The summed E-state index contributed by atoms with van der Waals surface area (Å²) >= 11 is 0. The molecule has 2 fully saturated rings. The number of methoxy groups -OCH3 is 1. The highest BCUT2D eigenvalue weighted by Crippen LogP contribution is 2.30. The fraction of sp³-hybridized carbons (Fsp3) is 0.667. The van der Waals surface area contributed by atoms with Gasteiger partial charge in [-0.15, -0.1) is 0 Å². The first-order chi connectivity index (χ1) is 9.86. The molecule has 0 saturated carbocycles. The van der Waals surface area contributed by atoms with Crippen LogP contribution in [0.2, 0.25) is 0 Å². The lowest BCUT2D eigenvalue weighted by Gasteiger charge is -2.34. The van der Waals surface area contributed by atoms with Gasteiger partial charge in [-0.3, -0.25) is 0 Å². The Kier molecular flexibility index (Phi) is 4.50. The van der Waals surface area contributed by atoms with Crippen LogP contribution in [0.15, 0.2) is 18.3 Å². The van der Waals surface area contributed by atoms with Gasteiger partial charge in [-0.05, 0) is 18.9 Å². The van der Waals surface area contributed by atoms with E-state index in [9.17, 15) is 0 Å². The minimum Gasteiger partial charge on any atom is -0.383 e. The highest BCUT2D eigenvalue weighted by atomic mass is 16.5. The van der Waals surface area contributed by atoms with Crippen molar-refractivity contribution >= 4 is 5.82 Å². The summed E-state index contributed by atoms with van der Waals surface area (Å²) in [5.41, 5.74) is 1.25. The van der Waals surface area contributed by atoms with Gasteiger partial charge < -0.3 is 19.7 Å². The van der Waals surface area contributed by atoms with Gasteiger partial charge in [-0.25, -0.2) is 4.98 Å². The monoisotopic (exact) mass is 277 g/mol. The number of nitrogens with zero attached hydrogens (tertiary/aromatic N) is 2. The maximum Gasteiger partial charge on any atom is 0.133 e. The van der Waals surface area contributed by atoms with Gasteiger partial charge in [0.05, 0.1) is 18.8 Å². The molecule has 2 aliphatic heterocycles. The van der Waals surface area contributed by atoms with Crippen LogP contribution in [0.1, 0.15) is 18.4 Å². The second-order valence-corrected chi connectivity index (χ2v) is 5.52. The van der Waals surface area contributed by atoms with Crippen molar-refractivity contribution in [1.82, 2.24) is 10.3 Å². The van der Waals surface area contributed by atoms with Crippen LogP contribution in [0.25, 0.3) is 0 Å². The standard InChI is InChI=1S/C15H23N3O2/c1-19-8-7-16-9-12-3-2-6-17-15(12)18-10-13-4-5-14(11-18)20-13/h2-3,6,13-14,16H,4-5,7-11H2,1H3. The Morgan fingerprint density at radius 3 is 2.95 bits per heavy atom. The maximum absolute atomic E-state index is 5.90. The Hall–Kier alpha value is -1.17. The Bertz CT molecular complexity index is 429. The van der Waals surface area contributed by atoms with Crippen LogP contribution in [0.3, 0.4) is 0 Å². The molecule has 2 aliphatic rings. The number of morpholine rings is 1. The Morgan fingerprint density at radius 1 is 1.40 bits per heavy atom.